The molecule has 1 amide bonds. The van der Waals surface area contributed by atoms with Gasteiger partial charge < -0.3 is 5.32 Å². The fraction of sp³-hybridized carbons (Fsp3) is 0.500. The molecule has 5 heteroatoms. The summed E-state index contributed by atoms with van der Waals surface area (Å²) in [5.74, 6) is -0.0880. The molecule has 1 aromatic rings. The number of hydrogen-bond donors (Lipinski definition) is 1. The Morgan fingerprint density at radius 1 is 1.38 bits per heavy atom. The van der Waals surface area contributed by atoms with E-state index in [2.05, 4.69) is 11.4 Å². The summed E-state index contributed by atoms with van der Waals surface area (Å²) >= 11 is 5.85. The molecule has 0 aliphatic heterocycles. The second-order valence-electron chi connectivity index (χ2n) is 5.75. The topological polar surface area (TPSA) is 56.1 Å². The summed E-state index contributed by atoms with van der Waals surface area (Å²) in [6.45, 7) is 0.955. The predicted octanol–water partition coefficient (Wildman–Crippen LogP) is 2.72. The quantitative estimate of drug-likeness (QED) is 0.910. The second-order valence-corrected chi connectivity index (χ2v) is 6.18. The van der Waals surface area contributed by atoms with Crippen LogP contribution >= 0.6 is 11.6 Å². The monoisotopic (exact) mass is 305 g/mol. The summed E-state index contributed by atoms with van der Waals surface area (Å²) < 4.78 is 0. The zero-order chi connectivity index (χ0) is 15.3. The molecule has 0 unspecified atom stereocenters. The van der Waals surface area contributed by atoms with E-state index in [0.717, 1.165) is 31.2 Å². The molecule has 0 aromatic heterocycles. The number of rotatable bonds is 5. The molecule has 0 spiro atoms. The Bertz CT molecular complexity index is 529. The van der Waals surface area contributed by atoms with E-state index in [1.807, 2.05) is 36.2 Å². The number of benzene rings is 1. The first-order valence-electron chi connectivity index (χ1n) is 7.18. The van der Waals surface area contributed by atoms with Crippen molar-refractivity contribution in [3.05, 3.63) is 34.9 Å². The third-order valence-corrected chi connectivity index (χ3v) is 4.08. The SMILES string of the molecule is CN(CC(=O)NC1(C#N)CCCC1)Cc1ccc(Cl)cc1. The Balaban J connectivity index is 1.84. The molecule has 1 aliphatic rings. The summed E-state index contributed by atoms with van der Waals surface area (Å²) in [4.78, 5) is 14.0. The number of amides is 1. The van der Waals surface area contributed by atoms with E-state index >= 15 is 0 Å². The van der Waals surface area contributed by atoms with Gasteiger partial charge in [-0.2, -0.15) is 5.26 Å². The Kier molecular flexibility index (Phi) is 5.22. The van der Waals surface area contributed by atoms with Crippen molar-refractivity contribution in [2.75, 3.05) is 13.6 Å². The molecule has 1 aliphatic carbocycles. The van der Waals surface area contributed by atoms with Crippen LogP contribution in [0.2, 0.25) is 5.02 Å². The fourth-order valence-electron chi connectivity index (χ4n) is 2.75. The van der Waals surface area contributed by atoms with Gasteiger partial charge >= 0.3 is 0 Å². The summed E-state index contributed by atoms with van der Waals surface area (Å²) in [6, 6.07) is 9.85. The van der Waals surface area contributed by atoms with Crippen molar-refractivity contribution < 1.29 is 4.79 Å². The molecule has 1 N–H and O–H groups in total. The lowest BCUT2D eigenvalue weighted by Crippen LogP contribution is -2.48. The number of nitrogens with zero attached hydrogens (tertiary/aromatic N) is 2. The molecule has 0 radical (unpaired) electrons. The molecular formula is C16H20ClN3O. The number of halogens is 1. The van der Waals surface area contributed by atoms with E-state index in [9.17, 15) is 10.1 Å². The van der Waals surface area contributed by atoms with Crippen LogP contribution in [0.25, 0.3) is 0 Å². The summed E-state index contributed by atoms with van der Waals surface area (Å²) in [5, 5.41) is 12.9. The average molecular weight is 306 g/mol. The summed E-state index contributed by atoms with van der Waals surface area (Å²) in [7, 11) is 1.89. The minimum absolute atomic E-state index is 0.0880. The lowest BCUT2D eigenvalue weighted by molar-refractivity contribution is -0.123. The van der Waals surface area contributed by atoms with Crippen LogP contribution in [0.5, 0.6) is 0 Å². The molecule has 4 nitrogen and oxygen atoms in total. The number of carbonyl (C=O) groups excluding carboxylic acids is 1. The number of nitriles is 1. The molecule has 0 atom stereocenters. The molecule has 0 saturated heterocycles. The van der Waals surface area contributed by atoms with Crippen molar-refractivity contribution >= 4 is 17.5 Å². The second kappa shape index (κ2) is 6.93. The Labute approximate surface area is 130 Å². The van der Waals surface area contributed by atoms with Gasteiger partial charge in [0, 0.05) is 11.6 Å². The standard InChI is InChI=1S/C16H20ClN3O/c1-20(10-13-4-6-14(17)7-5-13)11-15(21)19-16(12-18)8-2-3-9-16/h4-7H,2-3,8-11H2,1H3,(H,19,21). The van der Waals surface area contributed by atoms with E-state index in [1.54, 1.807) is 0 Å². The number of carbonyl (C=O) groups is 1. The first kappa shape index (κ1) is 15.8. The van der Waals surface area contributed by atoms with Crippen LogP contribution in [-0.2, 0) is 11.3 Å². The maximum Gasteiger partial charge on any atom is 0.235 e. The first-order chi connectivity index (χ1) is 10.0. The van der Waals surface area contributed by atoms with Gasteiger partial charge in [0.25, 0.3) is 0 Å². The normalized spacial score (nSPS) is 16.7. The Hall–Kier alpha value is -1.57. The van der Waals surface area contributed by atoms with Crippen LogP contribution in [0.15, 0.2) is 24.3 Å². The zero-order valence-corrected chi connectivity index (χ0v) is 13.0. The van der Waals surface area contributed by atoms with Crippen LogP contribution in [0.3, 0.4) is 0 Å². The number of likely N-dealkylation sites (N-methyl/N-ethyl adjacent to an activating group) is 1. The third kappa shape index (κ3) is 4.45. The summed E-state index contributed by atoms with van der Waals surface area (Å²) in [5.41, 5.74) is 0.462. The van der Waals surface area contributed by atoms with Gasteiger partial charge in [-0.15, -0.1) is 0 Å². The molecule has 0 heterocycles. The summed E-state index contributed by atoms with van der Waals surface area (Å²) in [6.07, 6.45) is 3.54. The fourth-order valence-corrected chi connectivity index (χ4v) is 2.88. The molecule has 112 valence electrons. The van der Waals surface area contributed by atoms with Crippen molar-refractivity contribution in [1.82, 2.24) is 10.2 Å². The lowest BCUT2D eigenvalue weighted by Gasteiger charge is -2.24. The molecule has 1 aromatic carbocycles. The van der Waals surface area contributed by atoms with E-state index in [1.165, 1.54) is 0 Å². The number of hydrogen-bond acceptors (Lipinski definition) is 3. The van der Waals surface area contributed by atoms with Gasteiger partial charge in [0.05, 0.1) is 12.6 Å². The van der Waals surface area contributed by atoms with Gasteiger partial charge in [0.1, 0.15) is 5.54 Å². The van der Waals surface area contributed by atoms with Gasteiger partial charge in [-0.1, -0.05) is 23.7 Å². The average Bonchev–Trinajstić information content (AvgIpc) is 2.90. The van der Waals surface area contributed by atoms with Crippen LogP contribution in [0.4, 0.5) is 0 Å². The van der Waals surface area contributed by atoms with Crippen molar-refractivity contribution in [3.63, 3.8) is 0 Å². The van der Waals surface area contributed by atoms with E-state index in [4.69, 9.17) is 11.6 Å². The highest BCUT2D eigenvalue weighted by atomic mass is 35.5. The Morgan fingerprint density at radius 2 is 2.00 bits per heavy atom. The van der Waals surface area contributed by atoms with Gasteiger partial charge in [0.2, 0.25) is 5.91 Å². The van der Waals surface area contributed by atoms with Gasteiger partial charge in [-0.05, 0) is 50.4 Å². The molecular weight excluding hydrogens is 286 g/mol. The highest BCUT2D eigenvalue weighted by Crippen LogP contribution is 2.28. The molecule has 21 heavy (non-hydrogen) atoms. The zero-order valence-electron chi connectivity index (χ0n) is 12.2. The van der Waals surface area contributed by atoms with Gasteiger partial charge in [-0.3, -0.25) is 9.69 Å². The smallest absolute Gasteiger partial charge is 0.235 e. The highest BCUT2D eigenvalue weighted by molar-refractivity contribution is 6.30. The van der Waals surface area contributed by atoms with E-state index in [-0.39, 0.29) is 12.5 Å². The van der Waals surface area contributed by atoms with Crippen molar-refractivity contribution in [2.45, 2.75) is 37.8 Å². The predicted molar refractivity (Wildman–Crippen MR) is 82.7 cm³/mol. The number of nitrogens with one attached hydrogen (secondary N) is 1. The molecule has 0 bridgehead atoms. The minimum atomic E-state index is -0.641. The molecule has 1 fully saturated rings. The maximum absolute atomic E-state index is 12.1. The van der Waals surface area contributed by atoms with Crippen LogP contribution in [0.1, 0.15) is 31.2 Å². The van der Waals surface area contributed by atoms with Crippen LogP contribution in [0, 0.1) is 11.3 Å². The van der Waals surface area contributed by atoms with Crippen molar-refractivity contribution in [2.24, 2.45) is 0 Å². The van der Waals surface area contributed by atoms with Gasteiger partial charge in [-0.25, -0.2) is 0 Å². The van der Waals surface area contributed by atoms with Crippen molar-refractivity contribution in [3.8, 4) is 6.07 Å². The third-order valence-electron chi connectivity index (χ3n) is 3.83. The molecule has 1 saturated carbocycles. The van der Waals surface area contributed by atoms with Crippen molar-refractivity contribution in [1.29, 1.82) is 5.26 Å². The Morgan fingerprint density at radius 3 is 2.57 bits per heavy atom. The minimum Gasteiger partial charge on any atom is -0.337 e. The largest absolute Gasteiger partial charge is 0.337 e. The van der Waals surface area contributed by atoms with Gasteiger partial charge in [0.15, 0.2) is 0 Å². The first-order valence-corrected chi connectivity index (χ1v) is 7.56. The van der Waals surface area contributed by atoms with Crippen LogP contribution < -0.4 is 5.32 Å². The van der Waals surface area contributed by atoms with Crippen LogP contribution in [-0.4, -0.2) is 29.9 Å². The van der Waals surface area contributed by atoms with E-state index < -0.39 is 5.54 Å². The lowest BCUT2D eigenvalue weighted by atomic mass is 10.00. The maximum atomic E-state index is 12.1. The highest BCUT2D eigenvalue weighted by Gasteiger charge is 2.35. The molecule has 2 rings (SSSR count). The van der Waals surface area contributed by atoms with E-state index in [0.29, 0.717) is 11.6 Å².